The smallest absolute Gasteiger partial charge is 0.263 e. The molecule has 1 aliphatic heterocycles. The summed E-state index contributed by atoms with van der Waals surface area (Å²) in [5.41, 5.74) is 3.43. The minimum Gasteiger partial charge on any atom is -0.342 e. The molecule has 5 heteroatoms. The molecule has 0 spiro atoms. The Labute approximate surface area is 149 Å². The van der Waals surface area contributed by atoms with Gasteiger partial charge in [0.15, 0.2) is 0 Å². The fourth-order valence-corrected chi connectivity index (χ4v) is 3.90. The Balaban J connectivity index is 1.78. The van der Waals surface area contributed by atoms with E-state index in [1.165, 1.54) is 17.3 Å². The van der Waals surface area contributed by atoms with Crippen molar-refractivity contribution in [3.8, 4) is 0 Å². The third-order valence-corrected chi connectivity index (χ3v) is 5.11. The molecule has 1 fully saturated rings. The summed E-state index contributed by atoms with van der Waals surface area (Å²) in [5.74, 6) is -0.120. The molecule has 0 saturated carbocycles. The lowest BCUT2D eigenvalue weighted by atomic mass is 10.1. The van der Waals surface area contributed by atoms with Gasteiger partial charge in [0.1, 0.15) is 4.32 Å². The van der Waals surface area contributed by atoms with Gasteiger partial charge in [-0.1, -0.05) is 72.5 Å². The van der Waals surface area contributed by atoms with Crippen molar-refractivity contribution in [2.45, 2.75) is 6.54 Å². The molecule has 1 aromatic heterocycles. The van der Waals surface area contributed by atoms with Gasteiger partial charge in [-0.3, -0.25) is 4.79 Å². The molecule has 0 aliphatic carbocycles. The molecule has 1 amide bonds. The van der Waals surface area contributed by atoms with E-state index < -0.39 is 0 Å². The number of nitrogens with one attached hydrogen (secondary N) is 1. The fraction of sp³-hybridized carbons (Fsp3) is 0.0526. The van der Waals surface area contributed by atoms with E-state index in [1.807, 2.05) is 36.4 Å². The first-order valence-electron chi connectivity index (χ1n) is 7.57. The molecule has 0 unspecified atom stereocenters. The first kappa shape index (κ1) is 15.2. The van der Waals surface area contributed by atoms with Crippen LogP contribution in [0.2, 0.25) is 0 Å². The molecular formula is C19H14N2OS2. The zero-order valence-electron chi connectivity index (χ0n) is 12.7. The molecule has 0 radical (unpaired) electrons. The molecule has 24 heavy (non-hydrogen) atoms. The van der Waals surface area contributed by atoms with Crippen LogP contribution in [0.25, 0.3) is 17.0 Å². The number of thioether (sulfide) groups is 1. The van der Waals surface area contributed by atoms with Gasteiger partial charge in [-0.15, -0.1) is 0 Å². The summed E-state index contributed by atoms with van der Waals surface area (Å²) in [5, 5.41) is 3.79. The standard InChI is InChI=1S/C19H14N2OS2/c22-18-17(24-19(23)20-18)10-14-12-21(11-13-6-2-1-3-7-13)16-9-5-4-8-15(14)16/h1-10,12H,11H2,(H,20,22,23)/b17-10+. The molecule has 2 heterocycles. The van der Waals surface area contributed by atoms with Crippen molar-refractivity contribution in [1.82, 2.24) is 9.88 Å². The van der Waals surface area contributed by atoms with Crippen LogP contribution >= 0.6 is 24.0 Å². The van der Waals surface area contributed by atoms with E-state index in [4.69, 9.17) is 12.2 Å². The maximum atomic E-state index is 11.9. The summed E-state index contributed by atoms with van der Waals surface area (Å²) in [6.45, 7) is 0.794. The van der Waals surface area contributed by atoms with Crippen molar-refractivity contribution in [2.75, 3.05) is 0 Å². The van der Waals surface area contributed by atoms with E-state index >= 15 is 0 Å². The SMILES string of the molecule is O=C1NC(=S)S/C1=C/c1cn(Cc2ccccc2)c2ccccc12. The van der Waals surface area contributed by atoms with Crippen LogP contribution in [0.1, 0.15) is 11.1 Å². The zero-order valence-corrected chi connectivity index (χ0v) is 14.4. The Morgan fingerprint density at radius 3 is 2.58 bits per heavy atom. The van der Waals surface area contributed by atoms with Crippen LogP contribution in [-0.2, 0) is 11.3 Å². The van der Waals surface area contributed by atoms with Gasteiger partial charge in [0, 0.05) is 29.2 Å². The fourth-order valence-electron chi connectivity index (χ4n) is 2.86. The van der Waals surface area contributed by atoms with Crippen LogP contribution < -0.4 is 5.32 Å². The lowest BCUT2D eigenvalue weighted by Crippen LogP contribution is -2.17. The average Bonchev–Trinajstić information content (AvgIpc) is 3.09. The maximum Gasteiger partial charge on any atom is 0.263 e. The van der Waals surface area contributed by atoms with E-state index in [0.717, 1.165) is 23.0 Å². The van der Waals surface area contributed by atoms with Crippen molar-refractivity contribution in [3.63, 3.8) is 0 Å². The molecule has 0 bridgehead atoms. The van der Waals surface area contributed by atoms with Gasteiger partial charge in [-0.25, -0.2) is 0 Å². The van der Waals surface area contributed by atoms with Crippen LogP contribution in [0.5, 0.6) is 0 Å². The first-order valence-corrected chi connectivity index (χ1v) is 8.80. The summed E-state index contributed by atoms with van der Waals surface area (Å²) in [7, 11) is 0. The van der Waals surface area contributed by atoms with E-state index in [9.17, 15) is 4.79 Å². The van der Waals surface area contributed by atoms with Gasteiger partial charge in [0.25, 0.3) is 5.91 Å². The number of hydrogen-bond donors (Lipinski definition) is 1. The monoisotopic (exact) mass is 350 g/mol. The molecule has 1 saturated heterocycles. The first-order chi connectivity index (χ1) is 11.7. The third kappa shape index (κ3) is 2.88. The van der Waals surface area contributed by atoms with Crippen molar-refractivity contribution in [3.05, 3.63) is 76.8 Å². The van der Waals surface area contributed by atoms with Crippen molar-refractivity contribution < 1.29 is 4.79 Å². The quantitative estimate of drug-likeness (QED) is 0.568. The molecule has 1 aliphatic rings. The van der Waals surface area contributed by atoms with E-state index in [0.29, 0.717) is 9.23 Å². The summed E-state index contributed by atoms with van der Waals surface area (Å²) in [6.07, 6.45) is 4.02. The highest BCUT2D eigenvalue weighted by Crippen LogP contribution is 2.30. The van der Waals surface area contributed by atoms with E-state index in [2.05, 4.69) is 40.3 Å². The number of nitrogens with zero attached hydrogens (tertiary/aromatic N) is 1. The van der Waals surface area contributed by atoms with Crippen molar-refractivity contribution in [2.24, 2.45) is 0 Å². The van der Waals surface area contributed by atoms with Crippen molar-refractivity contribution >= 4 is 51.2 Å². The molecule has 118 valence electrons. The topological polar surface area (TPSA) is 34.0 Å². The van der Waals surface area contributed by atoms with Gasteiger partial charge < -0.3 is 9.88 Å². The number of aromatic nitrogens is 1. The lowest BCUT2D eigenvalue weighted by Gasteiger charge is -2.05. The Bertz CT molecular complexity index is 973. The van der Waals surface area contributed by atoms with Gasteiger partial charge in [0.05, 0.1) is 4.91 Å². The van der Waals surface area contributed by atoms with Gasteiger partial charge in [0.2, 0.25) is 0 Å². The molecule has 4 rings (SSSR count). The van der Waals surface area contributed by atoms with Crippen LogP contribution in [0.15, 0.2) is 65.7 Å². The summed E-state index contributed by atoms with van der Waals surface area (Å²) < 4.78 is 2.73. The number of amides is 1. The van der Waals surface area contributed by atoms with Gasteiger partial charge >= 0.3 is 0 Å². The minimum atomic E-state index is -0.120. The second-order valence-corrected chi connectivity index (χ2v) is 7.29. The normalized spacial score (nSPS) is 16.1. The molecule has 3 nitrogen and oxygen atoms in total. The van der Waals surface area contributed by atoms with Crippen LogP contribution in [0.4, 0.5) is 0 Å². The highest BCUT2D eigenvalue weighted by molar-refractivity contribution is 8.26. The lowest BCUT2D eigenvalue weighted by molar-refractivity contribution is -0.115. The van der Waals surface area contributed by atoms with Crippen LogP contribution in [-0.4, -0.2) is 14.8 Å². The third-order valence-electron chi connectivity index (χ3n) is 3.94. The summed E-state index contributed by atoms with van der Waals surface area (Å²) in [6, 6.07) is 18.6. The Hall–Kier alpha value is -2.37. The Kier molecular flexibility index (Phi) is 3.96. The van der Waals surface area contributed by atoms with Crippen LogP contribution in [0.3, 0.4) is 0 Å². The van der Waals surface area contributed by atoms with Gasteiger partial charge in [-0.2, -0.15) is 0 Å². The largest absolute Gasteiger partial charge is 0.342 e. The van der Waals surface area contributed by atoms with E-state index in [-0.39, 0.29) is 5.91 Å². The molecule has 2 aromatic carbocycles. The summed E-state index contributed by atoms with van der Waals surface area (Å²) >= 11 is 6.38. The number of hydrogen-bond acceptors (Lipinski definition) is 3. The summed E-state index contributed by atoms with van der Waals surface area (Å²) in [4.78, 5) is 12.6. The highest BCUT2D eigenvalue weighted by Gasteiger charge is 2.22. The predicted molar refractivity (Wildman–Crippen MR) is 104 cm³/mol. The molecule has 1 N–H and O–H groups in total. The number of rotatable bonds is 3. The molecular weight excluding hydrogens is 336 g/mol. The number of fused-ring (bicyclic) bond motifs is 1. The highest BCUT2D eigenvalue weighted by atomic mass is 32.2. The van der Waals surface area contributed by atoms with Crippen molar-refractivity contribution in [1.29, 1.82) is 0 Å². The zero-order chi connectivity index (χ0) is 16.5. The minimum absolute atomic E-state index is 0.120. The number of para-hydroxylation sites is 1. The predicted octanol–water partition coefficient (Wildman–Crippen LogP) is 4.18. The number of benzene rings is 2. The maximum absolute atomic E-state index is 11.9. The van der Waals surface area contributed by atoms with E-state index in [1.54, 1.807) is 0 Å². The second-order valence-electron chi connectivity index (χ2n) is 5.57. The van der Waals surface area contributed by atoms with Gasteiger partial charge in [-0.05, 0) is 17.7 Å². The molecule has 0 atom stereocenters. The van der Waals surface area contributed by atoms with Crippen LogP contribution in [0, 0.1) is 0 Å². The number of carbonyl (C=O) groups is 1. The molecule has 3 aromatic rings. The Morgan fingerprint density at radius 1 is 1.08 bits per heavy atom. The number of carbonyl (C=O) groups excluding carboxylic acids is 1. The number of thiocarbonyl (C=S) groups is 1. The second kappa shape index (κ2) is 6.26. The Morgan fingerprint density at radius 2 is 1.83 bits per heavy atom. The average molecular weight is 350 g/mol.